The van der Waals surface area contributed by atoms with Gasteiger partial charge >= 0.3 is 23.9 Å². The van der Waals surface area contributed by atoms with Gasteiger partial charge in [-0.3, -0.25) is 19.2 Å². The summed E-state index contributed by atoms with van der Waals surface area (Å²) in [5, 5.41) is 0. The van der Waals surface area contributed by atoms with Crippen LogP contribution in [0.3, 0.4) is 0 Å². The highest BCUT2D eigenvalue weighted by molar-refractivity contribution is 6.00. The smallest absolute Gasteiger partial charge is 0.323 e. The summed E-state index contributed by atoms with van der Waals surface area (Å²) in [5.74, 6) is -2.74. The monoisotopic (exact) mass is 388 g/mol. The average Bonchev–Trinajstić information content (AvgIpc) is 2.67. The lowest BCUT2D eigenvalue weighted by Gasteiger charge is -2.27. The van der Waals surface area contributed by atoms with Gasteiger partial charge in [0.25, 0.3) is 0 Å². The predicted octanol–water partition coefficient (Wildman–Crippen LogP) is 2.57. The molecule has 0 rings (SSSR count). The van der Waals surface area contributed by atoms with E-state index < -0.39 is 29.3 Å². The maximum Gasteiger partial charge on any atom is 0.323 e. The first-order valence-electron chi connectivity index (χ1n) is 9.36. The zero-order valence-electron chi connectivity index (χ0n) is 16.8. The number of hydrogen-bond donors (Lipinski definition) is 0. The van der Waals surface area contributed by atoms with E-state index in [-0.39, 0.29) is 38.9 Å². The first-order valence-corrected chi connectivity index (χ1v) is 9.36. The molecule has 0 atom stereocenters. The van der Waals surface area contributed by atoms with E-state index in [0.717, 1.165) is 39.9 Å². The minimum absolute atomic E-state index is 0.167. The van der Waals surface area contributed by atoms with Crippen LogP contribution in [-0.2, 0) is 38.1 Å². The summed E-state index contributed by atoms with van der Waals surface area (Å²) in [6.07, 6.45) is 2.54. The van der Waals surface area contributed by atoms with Gasteiger partial charge in [-0.05, 0) is 25.7 Å². The average molecular weight is 388 g/mol. The molecule has 27 heavy (non-hydrogen) atoms. The third-order valence-electron chi connectivity index (χ3n) is 4.19. The fraction of sp³-hybridized carbons (Fsp3) is 0.789. The second kappa shape index (κ2) is 14.0. The summed E-state index contributed by atoms with van der Waals surface area (Å²) < 4.78 is 19.6. The number of hydrogen-bond acceptors (Lipinski definition) is 8. The van der Waals surface area contributed by atoms with Gasteiger partial charge in [-0.15, -0.1) is 0 Å². The highest BCUT2D eigenvalue weighted by Crippen LogP contribution is 2.33. The van der Waals surface area contributed by atoms with Crippen molar-refractivity contribution >= 4 is 23.9 Å². The molecule has 0 N–H and O–H groups in total. The largest absolute Gasteiger partial charge is 0.468 e. The summed E-state index contributed by atoms with van der Waals surface area (Å²) >= 11 is 0. The number of esters is 4. The van der Waals surface area contributed by atoms with Crippen LogP contribution < -0.4 is 0 Å². The Bertz CT molecular complexity index is 442. The topological polar surface area (TPSA) is 105 Å². The molecule has 0 saturated heterocycles. The van der Waals surface area contributed by atoms with E-state index in [1.807, 2.05) is 13.8 Å². The Morgan fingerprint density at radius 3 is 1.37 bits per heavy atom. The van der Waals surface area contributed by atoms with Gasteiger partial charge in [0.1, 0.15) is 0 Å². The van der Waals surface area contributed by atoms with Crippen LogP contribution in [0, 0.1) is 5.41 Å². The Morgan fingerprint density at radius 1 is 0.704 bits per heavy atom. The number of methoxy groups -OCH3 is 2. The van der Waals surface area contributed by atoms with Gasteiger partial charge in [0, 0.05) is 12.8 Å². The lowest BCUT2D eigenvalue weighted by molar-refractivity contribution is -0.171. The molecule has 0 aromatic rings. The van der Waals surface area contributed by atoms with Gasteiger partial charge in [0.15, 0.2) is 5.41 Å². The fourth-order valence-corrected chi connectivity index (χ4v) is 2.44. The molecule has 8 nitrogen and oxygen atoms in total. The molecular weight excluding hydrogens is 356 g/mol. The standard InChI is InChI=1S/C19H32O8/c1-5-7-13-26-15(20)9-11-19(17(22)24-3,18(23)25-4)12-10-16(21)27-14-8-6-2/h5-14H2,1-4H3. The summed E-state index contributed by atoms with van der Waals surface area (Å²) in [7, 11) is 2.28. The Morgan fingerprint density at radius 2 is 1.07 bits per heavy atom. The van der Waals surface area contributed by atoms with Crippen LogP contribution in [0.4, 0.5) is 0 Å². The van der Waals surface area contributed by atoms with E-state index in [1.165, 1.54) is 0 Å². The molecule has 0 radical (unpaired) electrons. The summed E-state index contributed by atoms with van der Waals surface area (Å²) in [5.41, 5.74) is -1.75. The van der Waals surface area contributed by atoms with Gasteiger partial charge in [0.05, 0.1) is 27.4 Å². The molecule has 0 spiro atoms. The van der Waals surface area contributed by atoms with Crippen molar-refractivity contribution in [3.63, 3.8) is 0 Å². The van der Waals surface area contributed by atoms with Crippen molar-refractivity contribution in [3.05, 3.63) is 0 Å². The Labute approximate surface area is 160 Å². The van der Waals surface area contributed by atoms with E-state index in [4.69, 9.17) is 18.9 Å². The quantitative estimate of drug-likeness (QED) is 0.193. The van der Waals surface area contributed by atoms with E-state index in [9.17, 15) is 19.2 Å². The van der Waals surface area contributed by atoms with Crippen molar-refractivity contribution in [3.8, 4) is 0 Å². The Balaban J connectivity index is 5.07. The molecule has 0 aliphatic rings. The van der Waals surface area contributed by atoms with E-state index >= 15 is 0 Å². The Hall–Kier alpha value is -2.12. The first-order chi connectivity index (χ1) is 12.9. The maximum atomic E-state index is 12.4. The molecule has 0 aromatic heterocycles. The number of carbonyl (C=O) groups is 4. The first kappa shape index (κ1) is 24.9. The minimum Gasteiger partial charge on any atom is -0.468 e. The number of rotatable bonds is 14. The van der Waals surface area contributed by atoms with Crippen molar-refractivity contribution < 1.29 is 38.1 Å². The molecule has 156 valence electrons. The van der Waals surface area contributed by atoms with E-state index in [2.05, 4.69) is 0 Å². The Kier molecular flexibility index (Phi) is 12.9. The molecule has 8 heteroatoms. The van der Waals surface area contributed by atoms with Crippen LogP contribution in [0.1, 0.15) is 65.2 Å². The van der Waals surface area contributed by atoms with Gasteiger partial charge in [-0.25, -0.2) is 0 Å². The van der Waals surface area contributed by atoms with Gasteiger partial charge in [-0.1, -0.05) is 26.7 Å². The van der Waals surface area contributed by atoms with Crippen molar-refractivity contribution in [1.82, 2.24) is 0 Å². The minimum atomic E-state index is -1.75. The molecule has 0 amide bonds. The van der Waals surface area contributed by atoms with Crippen LogP contribution in [0.15, 0.2) is 0 Å². The predicted molar refractivity (Wildman–Crippen MR) is 96.7 cm³/mol. The van der Waals surface area contributed by atoms with Crippen LogP contribution >= 0.6 is 0 Å². The molecule has 0 aromatic carbocycles. The van der Waals surface area contributed by atoms with Crippen LogP contribution in [-0.4, -0.2) is 51.3 Å². The third-order valence-corrected chi connectivity index (χ3v) is 4.19. The highest BCUT2D eigenvalue weighted by atomic mass is 16.6. The van der Waals surface area contributed by atoms with Crippen molar-refractivity contribution in [2.45, 2.75) is 65.2 Å². The zero-order chi connectivity index (χ0) is 20.7. The SMILES string of the molecule is CCCCOC(=O)CCC(CCC(=O)OCCCC)(C(=O)OC)C(=O)OC. The molecule has 0 aliphatic heterocycles. The molecule has 0 unspecified atom stereocenters. The lowest BCUT2D eigenvalue weighted by Crippen LogP contribution is -2.42. The fourth-order valence-electron chi connectivity index (χ4n) is 2.44. The van der Waals surface area contributed by atoms with Crippen molar-refractivity contribution in [2.75, 3.05) is 27.4 Å². The lowest BCUT2D eigenvalue weighted by atomic mass is 9.78. The molecule has 0 bridgehead atoms. The van der Waals surface area contributed by atoms with Crippen LogP contribution in [0.5, 0.6) is 0 Å². The van der Waals surface area contributed by atoms with Gasteiger partial charge in [0.2, 0.25) is 0 Å². The van der Waals surface area contributed by atoms with Crippen LogP contribution in [0.25, 0.3) is 0 Å². The molecule has 0 aliphatic carbocycles. The highest BCUT2D eigenvalue weighted by Gasteiger charge is 2.48. The number of unbranched alkanes of at least 4 members (excludes halogenated alkanes) is 2. The molecule has 0 fully saturated rings. The second-order valence-corrected chi connectivity index (χ2v) is 6.21. The zero-order valence-corrected chi connectivity index (χ0v) is 16.8. The van der Waals surface area contributed by atoms with E-state index in [0.29, 0.717) is 0 Å². The summed E-state index contributed by atoms with van der Waals surface area (Å²) in [6.45, 7) is 4.49. The van der Waals surface area contributed by atoms with Crippen LogP contribution in [0.2, 0.25) is 0 Å². The van der Waals surface area contributed by atoms with Crippen molar-refractivity contribution in [2.24, 2.45) is 5.41 Å². The van der Waals surface area contributed by atoms with E-state index in [1.54, 1.807) is 0 Å². The summed E-state index contributed by atoms with van der Waals surface area (Å²) in [6, 6.07) is 0. The van der Waals surface area contributed by atoms with Crippen molar-refractivity contribution in [1.29, 1.82) is 0 Å². The number of ether oxygens (including phenoxy) is 4. The normalized spacial score (nSPS) is 10.8. The third kappa shape index (κ3) is 8.88. The molecule has 0 heterocycles. The van der Waals surface area contributed by atoms with Gasteiger partial charge in [-0.2, -0.15) is 0 Å². The summed E-state index contributed by atoms with van der Waals surface area (Å²) in [4.78, 5) is 48.5. The van der Waals surface area contributed by atoms with Gasteiger partial charge < -0.3 is 18.9 Å². The molecule has 0 saturated carbocycles. The molecular formula is C19H32O8. The maximum absolute atomic E-state index is 12.4. The second-order valence-electron chi connectivity index (χ2n) is 6.21. The number of carbonyl (C=O) groups excluding carboxylic acids is 4.